The number of ether oxygens (including phenoxy) is 3. The van der Waals surface area contributed by atoms with E-state index in [-0.39, 0.29) is 31.2 Å². The van der Waals surface area contributed by atoms with Crippen molar-refractivity contribution in [2.45, 2.75) is 90.7 Å². The van der Waals surface area contributed by atoms with Gasteiger partial charge in [-0.05, 0) is 95.9 Å². The van der Waals surface area contributed by atoms with Gasteiger partial charge < -0.3 is 29.1 Å². The van der Waals surface area contributed by atoms with Crippen LogP contribution in [-0.4, -0.2) is 93.6 Å². The fourth-order valence-corrected chi connectivity index (χ4v) is 6.95. The third kappa shape index (κ3) is 7.89. The molecule has 2 aromatic rings. The first-order valence-electron chi connectivity index (χ1n) is 15.7. The Morgan fingerprint density at radius 2 is 1.57 bits per heavy atom. The van der Waals surface area contributed by atoms with Crippen molar-refractivity contribution >= 4 is 52.7 Å². The SMILES string of the molecule is Cc1cc(Cl)c(O[C@@H]2CCN(c3ccc(C4=C(C(=O)O)[C@H]5CN(C(=O)OC(C)(C)C)C[C@@H](C4)N5C(=O)OC(C)(C)C)cn3)C2)c(Cl)c1. The Balaban J connectivity index is 1.40. The number of anilines is 1. The average molecular weight is 690 g/mol. The van der Waals surface area contributed by atoms with E-state index < -0.39 is 41.4 Å². The van der Waals surface area contributed by atoms with E-state index in [1.54, 1.807) is 47.7 Å². The lowest BCUT2D eigenvalue weighted by Gasteiger charge is -2.50. The quantitative estimate of drug-likeness (QED) is 0.361. The maximum absolute atomic E-state index is 13.4. The van der Waals surface area contributed by atoms with Crippen molar-refractivity contribution in [1.82, 2.24) is 14.8 Å². The summed E-state index contributed by atoms with van der Waals surface area (Å²) in [5, 5.41) is 11.5. The second-order valence-electron chi connectivity index (χ2n) is 14.3. The van der Waals surface area contributed by atoms with Crippen LogP contribution in [0.4, 0.5) is 15.4 Å². The third-order valence-electron chi connectivity index (χ3n) is 8.13. The summed E-state index contributed by atoms with van der Waals surface area (Å²) in [6, 6.07) is 5.86. The summed E-state index contributed by atoms with van der Waals surface area (Å²) < 4.78 is 17.5. The zero-order chi connectivity index (χ0) is 34.4. The fourth-order valence-electron chi connectivity index (χ4n) is 6.27. The lowest BCUT2D eigenvalue weighted by atomic mass is 9.82. The zero-order valence-corrected chi connectivity index (χ0v) is 29.3. The van der Waals surface area contributed by atoms with Crippen LogP contribution in [0.25, 0.3) is 5.57 Å². The Kier molecular flexibility index (Phi) is 9.63. The molecule has 2 amide bonds. The van der Waals surface area contributed by atoms with Crippen molar-refractivity contribution in [3.8, 4) is 5.75 Å². The Morgan fingerprint density at radius 3 is 2.15 bits per heavy atom. The molecular formula is C34H42Cl2N4O7. The molecule has 13 heteroatoms. The van der Waals surface area contributed by atoms with Crippen LogP contribution in [-0.2, 0) is 14.3 Å². The van der Waals surface area contributed by atoms with Crippen molar-refractivity contribution in [1.29, 1.82) is 0 Å². The molecule has 254 valence electrons. The molecule has 1 aromatic heterocycles. The maximum atomic E-state index is 13.4. The number of carbonyl (C=O) groups excluding carboxylic acids is 2. The Labute approximate surface area is 285 Å². The summed E-state index contributed by atoms with van der Waals surface area (Å²) in [6.45, 7) is 13.9. The molecular weight excluding hydrogens is 647 g/mol. The second kappa shape index (κ2) is 13.1. The van der Waals surface area contributed by atoms with Crippen LogP contribution in [0.5, 0.6) is 5.75 Å². The van der Waals surface area contributed by atoms with Gasteiger partial charge in [0.25, 0.3) is 0 Å². The number of hydrogen-bond acceptors (Lipinski definition) is 8. The minimum Gasteiger partial charge on any atom is -0.485 e. The minimum atomic E-state index is -1.18. The molecule has 3 aliphatic rings. The smallest absolute Gasteiger partial charge is 0.411 e. The van der Waals surface area contributed by atoms with Crippen LogP contribution in [0.3, 0.4) is 0 Å². The highest BCUT2D eigenvalue weighted by atomic mass is 35.5. The molecule has 0 unspecified atom stereocenters. The first-order chi connectivity index (χ1) is 21.9. The van der Waals surface area contributed by atoms with Gasteiger partial charge in [0.15, 0.2) is 5.75 Å². The maximum Gasteiger partial charge on any atom is 0.411 e. The Hall–Kier alpha value is -3.70. The number of halogens is 2. The van der Waals surface area contributed by atoms with Crippen LogP contribution < -0.4 is 9.64 Å². The van der Waals surface area contributed by atoms with E-state index in [2.05, 4.69) is 4.90 Å². The summed E-state index contributed by atoms with van der Waals surface area (Å²) in [6.07, 6.45) is 1.28. The summed E-state index contributed by atoms with van der Waals surface area (Å²) in [7, 11) is 0. The molecule has 2 saturated heterocycles. The van der Waals surface area contributed by atoms with Crippen molar-refractivity contribution in [2.24, 2.45) is 0 Å². The Morgan fingerprint density at radius 1 is 0.936 bits per heavy atom. The molecule has 3 aliphatic heterocycles. The molecule has 3 atom stereocenters. The van der Waals surface area contributed by atoms with E-state index in [4.69, 9.17) is 42.4 Å². The molecule has 47 heavy (non-hydrogen) atoms. The highest BCUT2D eigenvalue weighted by Crippen LogP contribution is 2.40. The number of piperazine rings is 1. The summed E-state index contributed by atoms with van der Waals surface area (Å²) in [5.74, 6) is 0.0109. The predicted molar refractivity (Wildman–Crippen MR) is 179 cm³/mol. The van der Waals surface area contributed by atoms with Gasteiger partial charge >= 0.3 is 18.2 Å². The minimum absolute atomic E-state index is 0.0245. The number of fused-ring (bicyclic) bond motifs is 2. The highest BCUT2D eigenvalue weighted by Gasteiger charge is 2.49. The molecule has 2 fully saturated rings. The van der Waals surface area contributed by atoms with E-state index in [0.29, 0.717) is 40.0 Å². The summed E-state index contributed by atoms with van der Waals surface area (Å²) in [4.78, 5) is 49.2. The van der Waals surface area contributed by atoms with E-state index in [1.165, 1.54) is 9.80 Å². The number of carboxylic acid groups (broad SMARTS) is 1. The molecule has 4 heterocycles. The number of pyridine rings is 1. The molecule has 0 spiro atoms. The van der Waals surface area contributed by atoms with Crippen molar-refractivity contribution < 1.29 is 33.7 Å². The zero-order valence-electron chi connectivity index (χ0n) is 27.8. The van der Waals surface area contributed by atoms with Crippen molar-refractivity contribution in [3.63, 3.8) is 0 Å². The van der Waals surface area contributed by atoms with Crippen molar-refractivity contribution in [2.75, 3.05) is 31.1 Å². The third-order valence-corrected chi connectivity index (χ3v) is 8.69. The topological polar surface area (TPSA) is 122 Å². The van der Waals surface area contributed by atoms with Gasteiger partial charge in [0.2, 0.25) is 0 Å². The monoisotopic (exact) mass is 688 g/mol. The number of aliphatic carboxylic acids is 1. The van der Waals surface area contributed by atoms with Crippen LogP contribution in [0.2, 0.25) is 10.0 Å². The van der Waals surface area contributed by atoms with Gasteiger partial charge in [-0.15, -0.1) is 0 Å². The van der Waals surface area contributed by atoms with Gasteiger partial charge in [-0.1, -0.05) is 23.2 Å². The molecule has 0 aliphatic carbocycles. The standard InChI is InChI=1S/C34H42Cl2N4O7/c1-19-12-24(35)29(25(36)13-19)45-22-10-11-38(17-22)27-9-8-20(15-37-27)23-14-21-16-39(31(43)46-33(2,3)4)18-26(28(23)30(41)42)40(21)32(44)47-34(5,6)7/h8-9,12-13,15,21-22,26H,10-11,14,16-18H2,1-7H3,(H,41,42)/t21-,22-,26-/m1/s1. The van der Waals surface area contributed by atoms with E-state index in [9.17, 15) is 19.5 Å². The number of carbonyl (C=O) groups is 3. The molecule has 2 bridgehead atoms. The Bertz CT molecular complexity index is 1560. The number of aryl methyl sites for hydroxylation is 1. The number of hydrogen-bond donors (Lipinski definition) is 1. The molecule has 0 radical (unpaired) electrons. The van der Waals surface area contributed by atoms with E-state index in [0.717, 1.165) is 17.8 Å². The lowest BCUT2D eigenvalue weighted by molar-refractivity contribution is -0.134. The van der Waals surface area contributed by atoms with Crippen LogP contribution >= 0.6 is 23.2 Å². The van der Waals surface area contributed by atoms with Gasteiger partial charge in [0, 0.05) is 32.3 Å². The molecule has 1 aromatic carbocycles. The van der Waals surface area contributed by atoms with Crippen LogP contribution in [0.1, 0.15) is 65.5 Å². The predicted octanol–water partition coefficient (Wildman–Crippen LogP) is 6.82. The molecule has 1 N–H and O–H groups in total. The average Bonchev–Trinajstić information content (AvgIpc) is 3.40. The fraction of sp³-hybridized carbons (Fsp3) is 0.529. The molecule has 0 saturated carbocycles. The number of nitrogens with zero attached hydrogens (tertiary/aromatic N) is 4. The van der Waals surface area contributed by atoms with Gasteiger partial charge in [0.1, 0.15) is 23.1 Å². The van der Waals surface area contributed by atoms with Crippen LogP contribution in [0, 0.1) is 6.92 Å². The lowest BCUT2D eigenvalue weighted by Crippen LogP contribution is -2.65. The highest BCUT2D eigenvalue weighted by molar-refractivity contribution is 6.37. The number of aromatic nitrogens is 1. The number of rotatable bonds is 5. The molecule has 11 nitrogen and oxygen atoms in total. The molecule has 5 rings (SSSR count). The van der Waals surface area contributed by atoms with Gasteiger partial charge in [0.05, 0.1) is 34.2 Å². The van der Waals surface area contributed by atoms with Gasteiger partial charge in [-0.3, -0.25) is 4.90 Å². The van der Waals surface area contributed by atoms with E-state index in [1.807, 2.05) is 31.2 Å². The summed E-state index contributed by atoms with van der Waals surface area (Å²) in [5.41, 5.74) is 0.659. The number of amides is 2. The second-order valence-corrected chi connectivity index (χ2v) is 15.1. The van der Waals surface area contributed by atoms with Crippen molar-refractivity contribution in [3.05, 3.63) is 57.2 Å². The van der Waals surface area contributed by atoms with Gasteiger partial charge in [-0.2, -0.15) is 0 Å². The normalized spacial score (nSPS) is 21.6. The first kappa shape index (κ1) is 34.6. The number of benzene rings is 1. The number of carboxylic acids is 1. The van der Waals surface area contributed by atoms with Crippen LogP contribution in [0.15, 0.2) is 36.0 Å². The van der Waals surface area contributed by atoms with E-state index >= 15 is 0 Å². The largest absolute Gasteiger partial charge is 0.485 e. The first-order valence-corrected chi connectivity index (χ1v) is 16.4. The summed E-state index contributed by atoms with van der Waals surface area (Å²) >= 11 is 12.8. The van der Waals surface area contributed by atoms with Gasteiger partial charge in [-0.25, -0.2) is 19.4 Å².